The lowest BCUT2D eigenvalue weighted by molar-refractivity contribution is 0.113. The van der Waals surface area contributed by atoms with Gasteiger partial charge in [-0.3, -0.25) is 14.9 Å². The molecule has 0 aliphatic carbocycles. The highest BCUT2D eigenvalue weighted by molar-refractivity contribution is 6.04. The number of nitrogens with two attached hydrogens (primary N) is 1. The number of dihydropyridines is 1. The summed E-state index contributed by atoms with van der Waals surface area (Å²) in [5, 5.41) is 0. The molecule has 0 saturated carbocycles. The summed E-state index contributed by atoms with van der Waals surface area (Å²) in [7, 11) is 0. The molecule has 1 aromatic rings. The van der Waals surface area contributed by atoms with Crippen LogP contribution in [-0.2, 0) is 0 Å². The van der Waals surface area contributed by atoms with Gasteiger partial charge in [0.05, 0.1) is 23.5 Å². The summed E-state index contributed by atoms with van der Waals surface area (Å²) in [6.07, 6.45) is 11.2. The summed E-state index contributed by atoms with van der Waals surface area (Å²) in [4.78, 5) is 12.4. The number of aryl methyl sites for hydroxylation is 1. The number of pyridine rings is 1. The number of piperidine rings is 1. The Morgan fingerprint density at radius 2 is 2.04 bits per heavy atom. The van der Waals surface area contributed by atoms with E-state index in [-0.39, 0.29) is 0 Å². The summed E-state index contributed by atoms with van der Waals surface area (Å²) in [6.45, 7) is 7.20. The molecule has 0 radical (unpaired) electrons. The maximum absolute atomic E-state index is 5.75. The SMILES string of the molecule is CC1=CCCN=C1[C@H]1CCC[C@@H](c2ncccc2C)N1CCCCN. The van der Waals surface area contributed by atoms with Gasteiger partial charge in [-0.2, -0.15) is 0 Å². The van der Waals surface area contributed by atoms with Crippen molar-refractivity contribution < 1.29 is 0 Å². The van der Waals surface area contributed by atoms with Gasteiger partial charge in [-0.25, -0.2) is 0 Å². The van der Waals surface area contributed by atoms with Gasteiger partial charge in [0.2, 0.25) is 0 Å². The second-order valence-corrected chi connectivity index (χ2v) is 7.34. The third-order valence-electron chi connectivity index (χ3n) is 5.57. The molecule has 4 nitrogen and oxygen atoms in total. The predicted molar refractivity (Wildman–Crippen MR) is 105 cm³/mol. The topological polar surface area (TPSA) is 54.5 Å². The van der Waals surface area contributed by atoms with Crippen LogP contribution in [0.25, 0.3) is 0 Å². The molecule has 0 aromatic carbocycles. The molecule has 0 bridgehead atoms. The molecule has 1 aromatic heterocycles. The number of aromatic nitrogens is 1. The molecule has 4 heteroatoms. The first-order valence-electron chi connectivity index (χ1n) is 9.81. The zero-order valence-electron chi connectivity index (χ0n) is 15.7. The van der Waals surface area contributed by atoms with Crippen LogP contribution in [0.15, 0.2) is 35.0 Å². The lowest BCUT2D eigenvalue weighted by Crippen LogP contribution is -2.48. The Morgan fingerprint density at radius 3 is 2.80 bits per heavy atom. The van der Waals surface area contributed by atoms with Crippen LogP contribution >= 0.6 is 0 Å². The van der Waals surface area contributed by atoms with Gasteiger partial charge in [0, 0.05) is 12.7 Å². The Morgan fingerprint density at radius 1 is 1.20 bits per heavy atom. The van der Waals surface area contributed by atoms with Crippen molar-refractivity contribution in [2.75, 3.05) is 19.6 Å². The van der Waals surface area contributed by atoms with E-state index in [2.05, 4.69) is 30.9 Å². The lowest BCUT2D eigenvalue weighted by atomic mass is 9.86. The molecular weight excluding hydrogens is 308 g/mol. The summed E-state index contributed by atoms with van der Waals surface area (Å²) in [5.74, 6) is 0. The zero-order chi connectivity index (χ0) is 17.6. The molecule has 25 heavy (non-hydrogen) atoms. The van der Waals surface area contributed by atoms with Gasteiger partial charge in [-0.15, -0.1) is 0 Å². The first-order chi connectivity index (χ1) is 12.2. The molecule has 2 N–H and O–H groups in total. The molecule has 3 heterocycles. The van der Waals surface area contributed by atoms with Crippen LogP contribution in [0.1, 0.15) is 62.7 Å². The Bertz CT molecular complexity index is 635. The minimum Gasteiger partial charge on any atom is -0.330 e. The van der Waals surface area contributed by atoms with Crippen molar-refractivity contribution in [3.05, 3.63) is 41.2 Å². The number of hydrogen-bond donors (Lipinski definition) is 1. The number of unbranched alkanes of at least 4 members (excludes halogenated alkanes) is 1. The van der Waals surface area contributed by atoms with E-state index in [1.54, 1.807) is 0 Å². The quantitative estimate of drug-likeness (QED) is 0.801. The minimum atomic E-state index is 0.398. The van der Waals surface area contributed by atoms with Crippen molar-refractivity contribution in [1.82, 2.24) is 9.88 Å². The van der Waals surface area contributed by atoms with Crippen molar-refractivity contribution in [3.8, 4) is 0 Å². The standard InChI is InChI=1S/C21H32N4/c1-16-8-6-13-23-20(16)18-10-5-11-19(25(18)15-4-3-12-22)21-17(2)9-7-14-24-21/h6,8-9,13,18-19H,3-5,7,10-12,14-15,22H2,1-2H3/t18-,19+/m0/s1. The van der Waals surface area contributed by atoms with Crippen molar-refractivity contribution in [1.29, 1.82) is 0 Å². The normalized spacial score (nSPS) is 24.8. The monoisotopic (exact) mass is 340 g/mol. The summed E-state index contributed by atoms with van der Waals surface area (Å²) in [6, 6.07) is 5.05. The largest absolute Gasteiger partial charge is 0.330 e. The summed E-state index contributed by atoms with van der Waals surface area (Å²) < 4.78 is 0. The zero-order valence-corrected chi connectivity index (χ0v) is 15.7. The fourth-order valence-corrected chi connectivity index (χ4v) is 4.30. The Labute approximate surface area is 152 Å². The molecule has 0 spiro atoms. The van der Waals surface area contributed by atoms with Crippen LogP contribution in [0.5, 0.6) is 0 Å². The van der Waals surface area contributed by atoms with Crippen LogP contribution in [0.2, 0.25) is 0 Å². The van der Waals surface area contributed by atoms with Crippen LogP contribution in [0.4, 0.5) is 0 Å². The van der Waals surface area contributed by atoms with Crippen molar-refractivity contribution in [2.45, 2.75) is 64.5 Å². The van der Waals surface area contributed by atoms with E-state index in [4.69, 9.17) is 15.7 Å². The molecular formula is C21H32N4. The van der Waals surface area contributed by atoms with Crippen LogP contribution in [-0.4, -0.2) is 41.3 Å². The Hall–Kier alpha value is -1.52. The van der Waals surface area contributed by atoms with E-state index in [1.165, 1.54) is 41.8 Å². The van der Waals surface area contributed by atoms with Gasteiger partial charge in [-0.1, -0.05) is 12.1 Å². The molecule has 136 valence electrons. The smallest absolute Gasteiger partial charge is 0.0604 e. The molecule has 2 aliphatic rings. The molecule has 2 aliphatic heterocycles. The van der Waals surface area contributed by atoms with E-state index in [1.807, 2.05) is 12.3 Å². The summed E-state index contributed by atoms with van der Waals surface area (Å²) in [5.41, 5.74) is 11.0. The Balaban J connectivity index is 1.90. The predicted octanol–water partition coefficient (Wildman–Crippen LogP) is 3.82. The van der Waals surface area contributed by atoms with Gasteiger partial charge >= 0.3 is 0 Å². The number of nitrogens with zero attached hydrogens (tertiary/aromatic N) is 3. The lowest BCUT2D eigenvalue weighted by Gasteiger charge is -2.43. The third kappa shape index (κ3) is 4.18. The molecule has 2 atom stereocenters. The second kappa shape index (κ2) is 8.72. The number of aliphatic imine (C=N–C) groups is 1. The molecule has 1 fully saturated rings. The maximum atomic E-state index is 5.75. The molecule has 1 saturated heterocycles. The highest BCUT2D eigenvalue weighted by atomic mass is 15.2. The van der Waals surface area contributed by atoms with Crippen LogP contribution in [0.3, 0.4) is 0 Å². The molecule has 3 rings (SSSR count). The molecule has 0 unspecified atom stereocenters. The van der Waals surface area contributed by atoms with Gasteiger partial charge in [0.15, 0.2) is 0 Å². The number of rotatable bonds is 6. The average Bonchev–Trinajstić information content (AvgIpc) is 2.63. The number of hydrogen-bond acceptors (Lipinski definition) is 4. The van der Waals surface area contributed by atoms with Gasteiger partial charge in [0.1, 0.15) is 0 Å². The van der Waals surface area contributed by atoms with Crippen LogP contribution in [0, 0.1) is 6.92 Å². The highest BCUT2D eigenvalue weighted by Crippen LogP contribution is 2.36. The van der Waals surface area contributed by atoms with Crippen LogP contribution < -0.4 is 5.73 Å². The Kier molecular flexibility index (Phi) is 6.38. The minimum absolute atomic E-state index is 0.398. The van der Waals surface area contributed by atoms with E-state index in [0.717, 1.165) is 38.9 Å². The van der Waals surface area contributed by atoms with Gasteiger partial charge in [0.25, 0.3) is 0 Å². The van der Waals surface area contributed by atoms with Crippen molar-refractivity contribution >= 4 is 5.71 Å². The first kappa shape index (κ1) is 18.3. The fourth-order valence-electron chi connectivity index (χ4n) is 4.30. The third-order valence-corrected chi connectivity index (χ3v) is 5.57. The highest BCUT2D eigenvalue weighted by Gasteiger charge is 2.35. The second-order valence-electron chi connectivity index (χ2n) is 7.34. The van der Waals surface area contributed by atoms with E-state index >= 15 is 0 Å². The average molecular weight is 341 g/mol. The van der Waals surface area contributed by atoms with E-state index in [9.17, 15) is 0 Å². The number of likely N-dealkylation sites (tertiary alicyclic amines) is 1. The van der Waals surface area contributed by atoms with E-state index < -0.39 is 0 Å². The molecule has 0 amide bonds. The fraction of sp³-hybridized carbons (Fsp3) is 0.619. The van der Waals surface area contributed by atoms with Crippen molar-refractivity contribution in [3.63, 3.8) is 0 Å². The van der Waals surface area contributed by atoms with Gasteiger partial charge in [-0.05, 0) is 82.7 Å². The van der Waals surface area contributed by atoms with Crippen molar-refractivity contribution in [2.24, 2.45) is 10.7 Å². The van der Waals surface area contributed by atoms with E-state index in [0.29, 0.717) is 12.1 Å². The maximum Gasteiger partial charge on any atom is 0.0604 e. The summed E-state index contributed by atoms with van der Waals surface area (Å²) >= 11 is 0. The first-order valence-corrected chi connectivity index (χ1v) is 9.81. The van der Waals surface area contributed by atoms with Gasteiger partial charge < -0.3 is 5.73 Å².